The summed E-state index contributed by atoms with van der Waals surface area (Å²) in [6, 6.07) is 11.8. The number of hydrogen-bond donors (Lipinski definition) is 1. The first-order valence-electron chi connectivity index (χ1n) is 5.66. The summed E-state index contributed by atoms with van der Waals surface area (Å²) < 4.78 is 5.57. The number of rotatable bonds is 5. The van der Waals surface area contributed by atoms with Crippen molar-refractivity contribution < 1.29 is 9.84 Å². The van der Waals surface area contributed by atoms with Crippen LogP contribution in [0.4, 0.5) is 0 Å². The number of benzene rings is 1. The second kappa shape index (κ2) is 5.84. The summed E-state index contributed by atoms with van der Waals surface area (Å²) in [5, 5.41) is 11.8. The molecule has 1 N–H and O–H groups in total. The van der Waals surface area contributed by atoms with Crippen LogP contribution in [-0.2, 0) is 0 Å². The van der Waals surface area contributed by atoms with Crippen molar-refractivity contribution in [2.45, 2.75) is 19.4 Å². The summed E-state index contributed by atoms with van der Waals surface area (Å²) >= 11 is 1.57. The Balaban J connectivity index is 1.78. The van der Waals surface area contributed by atoms with E-state index >= 15 is 0 Å². The molecule has 1 aromatic heterocycles. The molecule has 0 aliphatic rings. The summed E-state index contributed by atoms with van der Waals surface area (Å²) in [6.07, 6.45) is 0.203. The standard InChI is InChI=1S/C14H16O2S/c1-11-4-6-12(7-5-11)16-9-8-13(15)14-3-2-10-17-14/h2-7,10,13,15H,8-9H2,1H3. The number of aliphatic hydroxyl groups is 1. The Hall–Kier alpha value is -1.32. The van der Waals surface area contributed by atoms with Crippen molar-refractivity contribution >= 4 is 11.3 Å². The molecule has 2 aromatic rings. The van der Waals surface area contributed by atoms with E-state index in [1.165, 1.54) is 5.56 Å². The molecule has 0 radical (unpaired) electrons. The smallest absolute Gasteiger partial charge is 0.119 e. The van der Waals surface area contributed by atoms with Crippen LogP contribution in [0.15, 0.2) is 41.8 Å². The summed E-state index contributed by atoms with van der Waals surface area (Å²) in [6.45, 7) is 2.58. The van der Waals surface area contributed by atoms with Gasteiger partial charge in [-0.1, -0.05) is 23.8 Å². The third-order valence-corrected chi connectivity index (χ3v) is 3.53. The highest BCUT2D eigenvalue weighted by molar-refractivity contribution is 7.10. The summed E-state index contributed by atoms with van der Waals surface area (Å²) in [4.78, 5) is 0.998. The third kappa shape index (κ3) is 3.58. The van der Waals surface area contributed by atoms with E-state index < -0.39 is 6.10 Å². The zero-order chi connectivity index (χ0) is 12.1. The molecule has 1 atom stereocenters. The molecule has 2 nitrogen and oxygen atoms in total. The van der Waals surface area contributed by atoms with Gasteiger partial charge in [-0.3, -0.25) is 0 Å². The zero-order valence-electron chi connectivity index (χ0n) is 9.80. The van der Waals surface area contributed by atoms with Crippen molar-refractivity contribution in [3.8, 4) is 5.75 Å². The topological polar surface area (TPSA) is 29.5 Å². The summed E-state index contributed by atoms with van der Waals surface area (Å²) in [5.41, 5.74) is 1.22. The Kier molecular flexibility index (Phi) is 4.18. The van der Waals surface area contributed by atoms with Gasteiger partial charge < -0.3 is 9.84 Å². The molecule has 0 spiro atoms. The second-order valence-electron chi connectivity index (χ2n) is 3.98. The lowest BCUT2D eigenvalue weighted by atomic mass is 10.2. The molecule has 1 unspecified atom stereocenters. The van der Waals surface area contributed by atoms with E-state index in [0.29, 0.717) is 13.0 Å². The normalized spacial score (nSPS) is 12.4. The number of ether oxygens (including phenoxy) is 1. The molecule has 0 amide bonds. The number of hydrogen-bond acceptors (Lipinski definition) is 3. The van der Waals surface area contributed by atoms with Gasteiger partial charge in [-0.15, -0.1) is 11.3 Å². The highest BCUT2D eigenvalue weighted by atomic mass is 32.1. The van der Waals surface area contributed by atoms with Gasteiger partial charge in [0, 0.05) is 11.3 Å². The molecule has 1 aromatic carbocycles. The van der Waals surface area contributed by atoms with Crippen molar-refractivity contribution in [2.24, 2.45) is 0 Å². The van der Waals surface area contributed by atoms with Crippen LogP contribution in [0.2, 0.25) is 0 Å². The SMILES string of the molecule is Cc1ccc(OCCC(O)c2cccs2)cc1. The fraction of sp³-hybridized carbons (Fsp3) is 0.286. The molecular weight excluding hydrogens is 232 g/mol. The molecule has 0 bridgehead atoms. The van der Waals surface area contributed by atoms with E-state index in [1.807, 2.05) is 48.7 Å². The second-order valence-corrected chi connectivity index (χ2v) is 4.96. The van der Waals surface area contributed by atoms with Crippen LogP contribution in [0, 0.1) is 6.92 Å². The fourth-order valence-corrected chi connectivity index (χ4v) is 2.29. The van der Waals surface area contributed by atoms with Crippen molar-refractivity contribution in [3.05, 3.63) is 52.2 Å². The Morgan fingerprint density at radius 1 is 1.24 bits per heavy atom. The van der Waals surface area contributed by atoms with Gasteiger partial charge in [0.15, 0.2) is 0 Å². The van der Waals surface area contributed by atoms with Gasteiger partial charge in [0.2, 0.25) is 0 Å². The van der Waals surface area contributed by atoms with Gasteiger partial charge in [0.1, 0.15) is 5.75 Å². The Labute approximate surface area is 105 Å². The Morgan fingerprint density at radius 2 is 2.00 bits per heavy atom. The molecule has 0 aliphatic heterocycles. The molecule has 90 valence electrons. The lowest BCUT2D eigenvalue weighted by Gasteiger charge is -2.10. The maximum atomic E-state index is 9.86. The van der Waals surface area contributed by atoms with Crippen molar-refractivity contribution in [2.75, 3.05) is 6.61 Å². The van der Waals surface area contributed by atoms with Crippen LogP contribution in [-0.4, -0.2) is 11.7 Å². The Morgan fingerprint density at radius 3 is 2.65 bits per heavy atom. The number of aryl methyl sites for hydroxylation is 1. The van der Waals surface area contributed by atoms with Crippen molar-refractivity contribution in [1.82, 2.24) is 0 Å². The van der Waals surface area contributed by atoms with Crippen LogP contribution in [0.1, 0.15) is 23.0 Å². The van der Waals surface area contributed by atoms with Gasteiger partial charge in [-0.2, -0.15) is 0 Å². The van der Waals surface area contributed by atoms with Gasteiger partial charge in [0.05, 0.1) is 12.7 Å². The fourth-order valence-electron chi connectivity index (χ4n) is 1.55. The molecule has 0 saturated carbocycles. The van der Waals surface area contributed by atoms with Crippen molar-refractivity contribution in [3.63, 3.8) is 0 Å². The first kappa shape index (κ1) is 12.1. The van der Waals surface area contributed by atoms with Crippen molar-refractivity contribution in [1.29, 1.82) is 0 Å². The molecule has 0 aliphatic carbocycles. The largest absolute Gasteiger partial charge is 0.493 e. The molecule has 2 rings (SSSR count). The monoisotopic (exact) mass is 248 g/mol. The van der Waals surface area contributed by atoms with Gasteiger partial charge >= 0.3 is 0 Å². The number of thiophene rings is 1. The van der Waals surface area contributed by atoms with E-state index in [9.17, 15) is 5.11 Å². The van der Waals surface area contributed by atoms with E-state index in [2.05, 4.69) is 0 Å². The Bertz CT molecular complexity index is 434. The van der Waals surface area contributed by atoms with Gasteiger partial charge in [0.25, 0.3) is 0 Å². The van der Waals surface area contributed by atoms with E-state index in [4.69, 9.17) is 4.74 Å². The average molecular weight is 248 g/mol. The predicted molar refractivity (Wildman–Crippen MR) is 70.6 cm³/mol. The first-order chi connectivity index (χ1) is 8.25. The molecule has 0 saturated heterocycles. The molecule has 17 heavy (non-hydrogen) atoms. The van der Waals surface area contributed by atoms with Crippen LogP contribution in [0.3, 0.4) is 0 Å². The molecular formula is C14H16O2S. The highest BCUT2D eigenvalue weighted by Crippen LogP contribution is 2.22. The first-order valence-corrected chi connectivity index (χ1v) is 6.54. The minimum atomic E-state index is -0.416. The van der Waals surface area contributed by atoms with Crippen LogP contribution in [0.5, 0.6) is 5.75 Å². The van der Waals surface area contributed by atoms with E-state index in [0.717, 1.165) is 10.6 Å². The average Bonchev–Trinajstić information content (AvgIpc) is 2.85. The van der Waals surface area contributed by atoms with Gasteiger partial charge in [-0.05, 0) is 30.5 Å². The van der Waals surface area contributed by atoms with Crippen LogP contribution < -0.4 is 4.74 Å². The highest BCUT2D eigenvalue weighted by Gasteiger charge is 2.08. The quantitative estimate of drug-likeness (QED) is 0.876. The van der Waals surface area contributed by atoms with E-state index in [-0.39, 0.29) is 0 Å². The lowest BCUT2D eigenvalue weighted by Crippen LogP contribution is -2.04. The minimum absolute atomic E-state index is 0.416. The molecule has 0 fully saturated rings. The maximum Gasteiger partial charge on any atom is 0.119 e. The lowest BCUT2D eigenvalue weighted by molar-refractivity contribution is 0.144. The van der Waals surface area contributed by atoms with Crippen LogP contribution in [0.25, 0.3) is 0 Å². The summed E-state index contributed by atoms with van der Waals surface area (Å²) in [7, 11) is 0. The third-order valence-electron chi connectivity index (χ3n) is 2.55. The summed E-state index contributed by atoms with van der Waals surface area (Å²) in [5.74, 6) is 0.856. The zero-order valence-corrected chi connectivity index (χ0v) is 10.6. The predicted octanol–water partition coefficient (Wildman–Crippen LogP) is 3.56. The molecule has 1 heterocycles. The van der Waals surface area contributed by atoms with Gasteiger partial charge in [-0.25, -0.2) is 0 Å². The molecule has 3 heteroatoms. The van der Waals surface area contributed by atoms with E-state index in [1.54, 1.807) is 11.3 Å². The minimum Gasteiger partial charge on any atom is -0.493 e. The maximum absolute atomic E-state index is 9.86. The number of aliphatic hydroxyl groups excluding tert-OH is 1. The van der Waals surface area contributed by atoms with Crippen LogP contribution >= 0.6 is 11.3 Å².